The summed E-state index contributed by atoms with van der Waals surface area (Å²) in [4.78, 5) is 39.7. The van der Waals surface area contributed by atoms with Crippen molar-refractivity contribution < 1.29 is 24.2 Å². The Morgan fingerprint density at radius 1 is 1.12 bits per heavy atom. The molecule has 1 aliphatic rings. The van der Waals surface area contributed by atoms with E-state index in [-0.39, 0.29) is 12.5 Å². The van der Waals surface area contributed by atoms with Crippen molar-refractivity contribution in [3.8, 4) is 0 Å². The van der Waals surface area contributed by atoms with E-state index in [2.05, 4.69) is 0 Å². The lowest BCUT2D eigenvalue weighted by Crippen LogP contribution is -2.54. The third-order valence-corrected chi connectivity index (χ3v) is 4.56. The Morgan fingerprint density at radius 2 is 1.76 bits per heavy atom. The molecule has 0 radical (unpaired) electrons. The maximum absolute atomic E-state index is 12.6. The minimum Gasteiger partial charge on any atom is -0.479 e. The van der Waals surface area contributed by atoms with Crippen LogP contribution < -0.4 is 0 Å². The highest BCUT2D eigenvalue weighted by Gasteiger charge is 2.44. The molecular weight excluding hydrogens is 324 g/mol. The number of amides is 2. The van der Waals surface area contributed by atoms with Crippen LogP contribution in [0.1, 0.15) is 29.3 Å². The summed E-state index contributed by atoms with van der Waals surface area (Å²) in [5.74, 6) is -1.99. The van der Waals surface area contributed by atoms with E-state index in [0.29, 0.717) is 31.6 Å². The van der Waals surface area contributed by atoms with E-state index < -0.39 is 17.5 Å². The van der Waals surface area contributed by atoms with Crippen LogP contribution in [0.15, 0.2) is 24.3 Å². The molecule has 1 fully saturated rings. The molecule has 7 heteroatoms. The van der Waals surface area contributed by atoms with E-state index >= 15 is 0 Å². The van der Waals surface area contributed by atoms with Gasteiger partial charge in [-0.2, -0.15) is 0 Å². The first-order valence-electron chi connectivity index (χ1n) is 8.23. The molecule has 1 atom stereocenters. The highest BCUT2D eigenvalue weighted by molar-refractivity contribution is 6.05. The molecule has 1 N–H and O–H groups in total. The van der Waals surface area contributed by atoms with Crippen LogP contribution in [0.4, 0.5) is 0 Å². The molecule has 1 saturated heterocycles. The maximum Gasteiger partial charge on any atom is 0.345 e. The van der Waals surface area contributed by atoms with Crippen LogP contribution >= 0.6 is 0 Å². The summed E-state index contributed by atoms with van der Waals surface area (Å²) in [7, 11) is 1.21. The van der Waals surface area contributed by atoms with Gasteiger partial charge in [-0.05, 0) is 32.4 Å². The van der Waals surface area contributed by atoms with Gasteiger partial charge in [0.1, 0.15) is 0 Å². The number of carboxylic acids is 1. The molecule has 136 valence electrons. The van der Waals surface area contributed by atoms with E-state index in [4.69, 9.17) is 4.74 Å². The molecule has 1 aromatic carbocycles. The van der Waals surface area contributed by atoms with E-state index in [9.17, 15) is 19.5 Å². The third kappa shape index (κ3) is 3.99. The fourth-order valence-corrected chi connectivity index (χ4v) is 2.85. The van der Waals surface area contributed by atoms with Crippen LogP contribution in [0.25, 0.3) is 0 Å². The first-order valence-corrected chi connectivity index (χ1v) is 8.23. The van der Waals surface area contributed by atoms with Crippen LogP contribution in [0, 0.1) is 6.92 Å². The minimum absolute atomic E-state index is 0.0780. The normalized spacial score (nSPS) is 17.6. The highest BCUT2D eigenvalue weighted by Crippen LogP contribution is 2.17. The van der Waals surface area contributed by atoms with Crippen molar-refractivity contribution in [1.82, 2.24) is 9.80 Å². The number of aliphatic carboxylic acids is 1. The molecule has 2 rings (SSSR count). The second-order valence-electron chi connectivity index (χ2n) is 6.35. The van der Waals surface area contributed by atoms with E-state index in [1.165, 1.54) is 18.9 Å². The minimum atomic E-state index is -1.91. The zero-order valence-electron chi connectivity index (χ0n) is 14.8. The quantitative estimate of drug-likeness (QED) is 0.825. The van der Waals surface area contributed by atoms with Crippen LogP contribution in [0.3, 0.4) is 0 Å². The molecule has 1 aromatic rings. The van der Waals surface area contributed by atoms with Gasteiger partial charge in [-0.1, -0.05) is 17.7 Å². The molecule has 0 spiro atoms. The third-order valence-electron chi connectivity index (χ3n) is 4.56. The second-order valence-corrected chi connectivity index (χ2v) is 6.35. The van der Waals surface area contributed by atoms with Gasteiger partial charge in [-0.25, -0.2) is 4.79 Å². The summed E-state index contributed by atoms with van der Waals surface area (Å²) in [5, 5.41) is 9.28. The fourth-order valence-electron chi connectivity index (χ4n) is 2.85. The molecule has 2 amide bonds. The van der Waals surface area contributed by atoms with E-state index in [1.54, 1.807) is 11.0 Å². The number of carboxylic acid groups (broad SMARTS) is 1. The molecule has 0 bridgehead atoms. The summed E-state index contributed by atoms with van der Waals surface area (Å²) < 4.78 is 4.94. The SMILES string of the molecule is COC(C)(C(=O)O)C(=O)N1CCCN(C(=O)c2cccc(C)c2)CC1. The lowest BCUT2D eigenvalue weighted by Gasteiger charge is -2.29. The number of methoxy groups -OCH3 is 1. The zero-order valence-corrected chi connectivity index (χ0v) is 14.8. The van der Waals surface area contributed by atoms with Gasteiger partial charge in [0.2, 0.25) is 5.60 Å². The standard InChI is InChI=1S/C18H24N2O5/c1-13-6-4-7-14(12-13)15(21)19-8-5-9-20(11-10-19)16(22)18(2,25-3)17(23)24/h4,6-7,12H,5,8-11H2,1-3H3,(H,23,24). The molecule has 0 saturated carbocycles. The van der Waals surface area contributed by atoms with Crippen molar-refractivity contribution in [3.63, 3.8) is 0 Å². The molecule has 0 aliphatic carbocycles. The number of benzene rings is 1. The average molecular weight is 348 g/mol. The van der Waals surface area contributed by atoms with Crippen LogP contribution in [0.2, 0.25) is 0 Å². The van der Waals surface area contributed by atoms with Crippen molar-refractivity contribution in [2.75, 3.05) is 33.3 Å². The summed E-state index contributed by atoms with van der Waals surface area (Å²) in [6.45, 7) is 4.73. The van der Waals surface area contributed by atoms with Crippen molar-refractivity contribution in [2.24, 2.45) is 0 Å². The van der Waals surface area contributed by atoms with Gasteiger partial charge in [0.15, 0.2) is 0 Å². The number of ether oxygens (including phenoxy) is 1. The van der Waals surface area contributed by atoms with Gasteiger partial charge >= 0.3 is 5.97 Å². The molecular formula is C18H24N2O5. The first-order chi connectivity index (χ1) is 11.8. The van der Waals surface area contributed by atoms with Crippen molar-refractivity contribution >= 4 is 17.8 Å². The Labute approximate surface area is 147 Å². The zero-order chi connectivity index (χ0) is 18.6. The maximum atomic E-state index is 12.6. The smallest absolute Gasteiger partial charge is 0.345 e. The van der Waals surface area contributed by atoms with Gasteiger partial charge in [0.05, 0.1) is 0 Å². The van der Waals surface area contributed by atoms with Gasteiger partial charge in [-0.3, -0.25) is 9.59 Å². The molecule has 1 unspecified atom stereocenters. The second kappa shape index (κ2) is 7.65. The average Bonchev–Trinajstić information content (AvgIpc) is 2.85. The van der Waals surface area contributed by atoms with Crippen molar-refractivity contribution in [3.05, 3.63) is 35.4 Å². The van der Waals surface area contributed by atoms with Gasteiger partial charge < -0.3 is 19.6 Å². The van der Waals surface area contributed by atoms with E-state index in [1.807, 2.05) is 25.1 Å². The first kappa shape index (κ1) is 18.9. The largest absolute Gasteiger partial charge is 0.479 e. The van der Waals surface area contributed by atoms with Gasteiger partial charge in [-0.15, -0.1) is 0 Å². The molecule has 25 heavy (non-hydrogen) atoms. The van der Waals surface area contributed by atoms with Crippen molar-refractivity contribution in [2.45, 2.75) is 25.9 Å². The Bertz CT molecular complexity index is 675. The summed E-state index contributed by atoms with van der Waals surface area (Å²) >= 11 is 0. The number of hydrogen-bond donors (Lipinski definition) is 1. The monoisotopic (exact) mass is 348 g/mol. The number of rotatable bonds is 4. The predicted octanol–water partition coefficient (Wildman–Crippen LogP) is 1.16. The Balaban J connectivity index is 2.08. The summed E-state index contributed by atoms with van der Waals surface area (Å²) in [5.41, 5.74) is -0.280. The summed E-state index contributed by atoms with van der Waals surface area (Å²) in [6, 6.07) is 7.38. The van der Waals surface area contributed by atoms with Crippen molar-refractivity contribution in [1.29, 1.82) is 0 Å². The number of hydrogen-bond acceptors (Lipinski definition) is 4. The lowest BCUT2D eigenvalue weighted by molar-refractivity contribution is -0.173. The topological polar surface area (TPSA) is 87.2 Å². The number of carbonyl (C=O) groups is 3. The Hall–Kier alpha value is -2.41. The van der Waals surface area contributed by atoms with Crippen LogP contribution in [-0.2, 0) is 14.3 Å². The van der Waals surface area contributed by atoms with Gasteiger partial charge in [0, 0.05) is 38.9 Å². The van der Waals surface area contributed by atoms with E-state index in [0.717, 1.165) is 5.56 Å². The Kier molecular flexibility index (Phi) is 5.79. The molecule has 0 aromatic heterocycles. The predicted molar refractivity (Wildman–Crippen MR) is 91.3 cm³/mol. The molecule has 7 nitrogen and oxygen atoms in total. The number of nitrogens with zero attached hydrogens (tertiary/aromatic N) is 2. The Morgan fingerprint density at radius 3 is 2.36 bits per heavy atom. The highest BCUT2D eigenvalue weighted by atomic mass is 16.5. The summed E-state index contributed by atoms with van der Waals surface area (Å²) in [6.07, 6.45) is 0.586. The molecule has 1 heterocycles. The fraction of sp³-hybridized carbons (Fsp3) is 0.500. The van der Waals surface area contributed by atoms with Gasteiger partial charge in [0.25, 0.3) is 11.8 Å². The number of carbonyl (C=O) groups excluding carboxylic acids is 2. The van der Waals surface area contributed by atoms with Crippen LogP contribution in [0.5, 0.6) is 0 Å². The lowest BCUT2D eigenvalue weighted by atomic mass is 10.1. The number of aryl methyl sites for hydroxylation is 1. The van der Waals surface area contributed by atoms with Crippen LogP contribution in [-0.4, -0.2) is 71.6 Å². The molecule has 1 aliphatic heterocycles.